The normalized spacial score (nSPS) is 10.3. The van der Waals surface area contributed by atoms with Crippen molar-refractivity contribution >= 4 is 44.9 Å². The van der Waals surface area contributed by atoms with Gasteiger partial charge >= 0.3 is 0 Å². The first kappa shape index (κ1) is 13.9. The highest BCUT2D eigenvalue weighted by Gasteiger charge is 2.18. The van der Waals surface area contributed by atoms with Gasteiger partial charge in [-0.05, 0) is 29.8 Å². The molecule has 1 amide bonds. The van der Waals surface area contributed by atoms with Gasteiger partial charge in [-0.1, -0.05) is 6.07 Å². The number of carbonyl (C=O) groups excluding carboxylic acids is 1. The third-order valence-electron chi connectivity index (χ3n) is 2.75. The Morgan fingerprint density at radius 2 is 2.19 bits per heavy atom. The summed E-state index contributed by atoms with van der Waals surface area (Å²) in [4.78, 5) is 18.4. The fraction of sp³-hybridized carbons (Fsp3) is 0.0714. The zero-order chi connectivity index (χ0) is 14.8. The summed E-state index contributed by atoms with van der Waals surface area (Å²) < 4.78 is 0. The van der Waals surface area contributed by atoms with E-state index < -0.39 is 0 Å². The van der Waals surface area contributed by atoms with Crippen LogP contribution < -0.4 is 5.32 Å². The fourth-order valence-corrected chi connectivity index (χ4v) is 4.26. The van der Waals surface area contributed by atoms with Crippen LogP contribution in [-0.2, 0) is 0 Å². The number of aromatic nitrogens is 1. The van der Waals surface area contributed by atoms with E-state index in [0.717, 1.165) is 9.88 Å². The molecule has 21 heavy (non-hydrogen) atoms. The van der Waals surface area contributed by atoms with Crippen LogP contribution in [0.5, 0.6) is 0 Å². The van der Waals surface area contributed by atoms with Crippen molar-refractivity contribution in [2.75, 3.05) is 5.32 Å². The van der Waals surface area contributed by atoms with E-state index in [1.165, 1.54) is 22.7 Å². The van der Waals surface area contributed by atoms with Gasteiger partial charge in [0.05, 0.1) is 16.1 Å². The predicted octanol–water partition coefficient (Wildman–Crippen LogP) is 4.37. The summed E-state index contributed by atoms with van der Waals surface area (Å²) in [6, 6.07) is 7.69. The molecule has 0 aromatic carbocycles. The molecule has 0 bridgehead atoms. The summed E-state index contributed by atoms with van der Waals surface area (Å²) >= 11 is 4.31. The van der Waals surface area contributed by atoms with Gasteiger partial charge in [0, 0.05) is 0 Å². The largest absolute Gasteiger partial charge is 0.312 e. The van der Waals surface area contributed by atoms with Crippen molar-refractivity contribution in [2.45, 2.75) is 6.92 Å². The van der Waals surface area contributed by atoms with Crippen LogP contribution in [0.15, 0.2) is 29.0 Å². The molecule has 0 aliphatic rings. The van der Waals surface area contributed by atoms with Gasteiger partial charge in [0.2, 0.25) is 0 Å². The molecule has 0 saturated carbocycles. The van der Waals surface area contributed by atoms with Crippen LogP contribution in [0.25, 0.3) is 9.88 Å². The quantitative estimate of drug-likeness (QED) is 0.775. The lowest BCUT2D eigenvalue weighted by molar-refractivity contribution is 0.103. The Morgan fingerprint density at radius 1 is 1.33 bits per heavy atom. The molecule has 0 fully saturated rings. The second kappa shape index (κ2) is 5.77. The molecule has 7 heteroatoms. The highest BCUT2D eigenvalue weighted by Crippen LogP contribution is 2.32. The summed E-state index contributed by atoms with van der Waals surface area (Å²) in [5.74, 6) is -0.216. The first-order chi connectivity index (χ1) is 10.2. The molecule has 0 spiro atoms. The standard InChI is InChI=1S/C14H9N3OS3/c1-8-11(21-14(16-8)10-3-2-5-19-10)12(18)17-13-9(7-15)4-6-20-13/h2-6H,1H3,(H,17,18). The Kier molecular flexibility index (Phi) is 3.84. The maximum atomic E-state index is 12.3. The van der Waals surface area contributed by atoms with Crippen molar-refractivity contribution in [3.8, 4) is 16.0 Å². The molecule has 3 rings (SSSR count). The second-order valence-corrected chi connectivity index (χ2v) is 7.00. The summed E-state index contributed by atoms with van der Waals surface area (Å²) in [5, 5.41) is 16.9. The van der Waals surface area contributed by atoms with Crippen molar-refractivity contribution in [2.24, 2.45) is 0 Å². The molecular weight excluding hydrogens is 322 g/mol. The lowest BCUT2D eigenvalue weighted by Gasteiger charge is -2.01. The molecule has 0 saturated heterocycles. The average Bonchev–Trinajstić information content (AvgIpc) is 3.17. The molecule has 0 aliphatic heterocycles. The number of thiazole rings is 1. The monoisotopic (exact) mass is 331 g/mol. The molecule has 3 aromatic rings. The Bertz CT molecular complexity index is 824. The molecule has 3 aromatic heterocycles. The molecule has 0 atom stereocenters. The van der Waals surface area contributed by atoms with Crippen LogP contribution in [0.4, 0.5) is 5.00 Å². The van der Waals surface area contributed by atoms with Crippen LogP contribution >= 0.6 is 34.0 Å². The van der Waals surface area contributed by atoms with E-state index >= 15 is 0 Å². The number of carbonyl (C=O) groups is 1. The average molecular weight is 331 g/mol. The minimum Gasteiger partial charge on any atom is -0.312 e. The Hall–Kier alpha value is -2.01. The molecule has 0 radical (unpaired) electrons. The van der Waals surface area contributed by atoms with E-state index in [1.807, 2.05) is 24.4 Å². The summed E-state index contributed by atoms with van der Waals surface area (Å²) in [7, 11) is 0. The molecule has 4 nitrogen and oxygen atoms in total. The van der Waals surface area contributed by atoms with Crippen molar-refractivity contribution in [1.82, 2.24) is 4.98 Å². The van der Waals surface area contributed by atoms with Crippen molar-refractivity contribution in [3.63, 3.8) is 0 Å². The van der Waals surface area contributed by atoms with Crippen LogP contribution in [0.2, 0.25) is 0 Å². The van der Waals surface area contributed by atoms with E-state index in [-0.39, 0.29) is 5.91 Å². The van der Waals surface area contributed by atoms with Gasteiger partial charge in [0.1, 0.15) is 21.0 Å². The van der Waals surface area contributed by atoms with E-state index in [4.69, 9.17) is 5.26 Å². The van der Waals surface area contributed by atoms with Gasteiger partial charge in [-0.3, -0.25) is 4.79 Å². The molecule has 3 heterocycles. The number of nitrogens with one attached hydrogen (secondary N) is 1. The summed E-state index contributed by atoms with van der Waals surface area (Å²) in [6.07, 6.45) is 0. The minimum atomic E-state index is -0.216. The molecule has 104 valence electrons. The highest BCUT2D eigenvalue weighted by molar-refractivity contribution is 7.22. The predicted molar refractivity (Wildman–Crippen MR) is 87.2 cm³/mol. The van der Waals surface area contributed by atoms with Crippen LogP contribution in [-0.4, -0.2) is 10.9 Å². The van der Waals surface area contributed by atoms with Gasteiger partial charge in [0.25, 0.3) is 5.91 Å². The first-order valence-electron chi connectivity index (χ1n) is 5.99. The lowest BCUT2D eigenvalue weighted by Crippen LogP contribution is -2.11. The Morgan fingerprint density at radius 3 is 2.90 bits per heavy atom. The lowest BCUT2D eigenvalue weighted by atomic mass is 10.3. The Balaban J connectivity index is 1.87. The number of thiophene rings is 2. The van der Waals surface area contributed by atoms with E-state index in [0.29, 0.717) is 21.1 Å². The number of nitriles is 1. The number of rotatable bonds is 3. The Labute approximate surface area is 133 Å². The van der Waals surface area contributed by atoms with Gasteiger partial charge in [-0.15, -0.1) is 34.0 Å². The zero-order valence-corrected chi connectivity index (χ0v) is 13.4. The van der Waals surface area contributed by atoms with Crippen molar-refractivity contribution in [3.05, 3.63) is 45.1 Å². The van der Waals surface area contributed by atoms with Crippen LogP contribution in [0, 0.1) is 18.3 Å². The van der Waals surface area contributed by atoms with Crippen molar-refractivity contribution in [1.29, 1.82) is 5.26 Å². The maximum Gasteiger partial charge on any atom is 0.268 e. The number of hydrogen-bond donors (Lipinski definition) is 1. The smallest absolute Gasteiger partial charge is 0.268 e. The van der Waals surface area contributed by atoms with E-state index in [9.17, 15) is 4.79 Å². The SMILES string of the molecule is Cc1nc(-c2cccs2)sc1C(=O)Nc1sccc1C#N. The van der Waals surface area contributed by atoms with Gasteiger partial charge in [-0.2, -0.15) is 5.26 Å². The molecule has 0 aliphatic carbocycles. The van der Waals surface area contributed by atoms with Gasteiger partial charge in [-0.25, -0.2) is 4.98 Å². The summed E-state index contributed by atoms with van der Waals surface area (Å²) in [5.41, 5.74) is 1.19. The molecule has 0 unspecified atom stereocenters. The van der Waals surface area contributed by atoms with Gasteiger partial charge < -0.3 is 5.32 Å². The topological polar surface area (TPSA) is 65.8 Å². The molecule has 1 N–H and O–H groups in total. The number of nitrogens with zero attached hydrogens (tertiary/aromatic N) is 2. The van der Waals surface area contributed by atoms with E-state index in [1.54, 1.807) is 22.8 Å². The van der Waals surface area contributed by atoms with Crippen molar-refractivity contribution < 1.29 is 4.79 Å². The van der Waals surface area contributed by atoms with Crippen LogP contribution in [0.1, 0.15) is 20.9 Å². The number of hydrogen-bond acceptors (Lipinski definition) is 6. The second-order valence-electron chi connectivity index (χ2n) is 4.14. The number of aryl methyl sites for hydroxylation is 1. The van der Waals surface area contributed by atoms with E-state index in [2.05, 4.69) is 16.4 Å². The maximum absolute atomic E-state index is 12.3. The highest BCUT2D eigenvalue weighted by atomic mass is 32.1. The third-order valence-corrected chi connectivity index (χ3v) is 5.77. The van der Waals surface area contributed by atoms with Crippen LogP contribution in [0.3, 0.4) is 0 Å². The fourth-order valence-electron chi connectivity index (χ4n) is 1.77. The third kappa shape index (κ3) is 2.74. The summed E-state index contributed by atoms with van der Waals surface area (Å²) in [6.45, 7) is 1.82. The molecular formula is C14H9N3OS3. The number of amides is 1. The first-order valence-corrected chi connectivity index (χ1v) is 8.57. The number of anilines is 1. The van der Waals surface area contributed by atoms with Gasteiger partial charge in [0.15, 0.2) is 0 Å². The minimum absolute atomic E-state index is 0.216. The zero-order valence-electron chi connectivity index (χ0n) is 10.9.